The minimum atomic E-state index is -1.23. The van der Waals surface area contributed by atoms with Crippen molar-refractivity contribution in [1.29, 1.82) is 0 Å². The lowest BCUT2D eigenvalue weighted by atomic mass is 10.2. The van der Waals surface area contributed by atoms with Crippen molar-refractivity contribution >= 4 is 33.6 Å². The van der Waals surface area contributed by atoms with Gasteiger partial charge in [0.1, 0.15) is 17.2 Å². The summed E-state index contributed by atoms with van der Waals surface area (Å²) in [5, 5.41) is 11.3. The van der Waals surface area contributed by atoms with Crippen LogP contribution in [0.3, 0.4) is 0 Å². The number of carbonyl (C=O) groups is 2. The normalized spacial score (nSPS) is 10.1. The van der Waals surface area contributed by atoms with Crippen LogP contribution in [0, 0.1) is 5.82 Å². The third-order valence-corrected chi connectivity index (χ3v) is 3.08. The van der Waals surface area contributed by atoms with Crippen molar-refractivity contribution < 1.29 is 19.1 Å². The molecule has 0 aliphatic rings. The predicted octanol–water partition coefficient (Wildman–Crippen LogP) is 2.93. The molecule has 0 unspecified atom stereocenters. The molecule has 0 bridgehead atoms. The van der Waals surface area contributed by atoms with Gasteiger partial charge in [0.15, 0.2) is 0 Å². The number of carboxylic acid groups (broad SMARTS) is 1. The van der Waals surface area contributed by atoms with Crippen LogP contribution in [0.5, 0.6) is 0 Å². The number of hydrogen-bond donors (Lipinski definition) is 2. The van der Waals surface area contributed by atoms with Crippen LogP contribution in [0.25, 0.3) is 0 Å². The highest BCUT2D eigenvalue weighted by Crippen LogP contribution is 2.20. The Hall–Kier alpha value is -2.28. The van der Waals surface area contributed by atoms with E-state index in [1.807, 2.05) is 0 Å². The van der Waals surface area contributed by atoms with Gasteiger partial charge in [-0.15, -0.1) is 0 Å². The molecule has 7 heteroatoms. The zero-order valence-corrected chi connectivity index (χ0v) is 11.5. The maximum absolute atomic E-state index is 13.8. The molecule has 1 heterocycles. The molecule has 0 radical (unpaired) electrons. The summed E-state index contributed by atoms with van der Waals surface area (Å²) in [5.41, 5.74) is -0.377. The quantitative estimate of drug-likeness (QED) is 0.901. The van der Waals surface area contributed by atoms with E-state index < -0.39 is 17.7 Å². The fourth-order valence-electron chi connectivity index (χ4n) is 1.53. The highest BCUT2D eigenvalue weighted by Gasteiger charge is 2.17. The van der Waals surface area contributed by atoms with Crippen molar-refractivity contribution in [3.63, 3.8) is 0 Å². The Morgan fingerprint density at radius 3 is 2.60 bits per heavy atom. The molecule has 2 N–H and O–H groups in total. The smallest absolute Gasteiger partial charge is 0.339 e. The first kappa shape index (κ1) is 14.1. The molecule has 0 atom stereocenters. The van der Waals surface area contributed by atoms with Gasteiger partial charge in [-0.1, -0.05) is 6.07 Å². The minimum absolute atomic E-state index is 0.135. The Bertz CT molecular complexity index is 691. The van der Waals surface area contributed by atoms with E-state index in [4.69, 9.17) is 5.11 Å². The van der Waals surface area contributed by atoms with Crippen molar-refractivity contribution in [2.75, 3.05) is 5.32 Å². The summed E-state index contributed by atoms with van der Waals surface area (Å²) in [6.07, 6.45) is 1.33. The maximum Gasteiger partial charge on any atom is 0.339 e. The summed E-state index contributed by atoms with van der Waals surface area (Å²) in [6, 6.07) is 6.97. The lowest BCUT2D eigenvalue weighted by Gasteiger charge is -2.08. The Labute approximate surface area is 121 Å². The number of rotatable bonds is 3. The second-order valence-corrected chi connectivity index (χ2v) is 4.61. The highest BCUT2D eigenvalue weighted by molar-refractivity contribution is 9.10. The average Bonchev–Trinajstić information content (AvgIpc) is 2.42. The molecular weight excluding hydrogens is 331 g/mol. The van der Waals surface area contributed by atoms with Crippen LogP contribution in [0.4, 0.5) is 10.2 Å². The molecular formula is C13H8BrFN2O3. The van der Waals surface area contributed by atoms with Gasteiger partial charge in [-0.2, -0.15) is 0 Å². The number of nitrogens with zero attached hydrogens (tertiary/aromatic N) is 1. The number of anilines is 1. The van der Waals surface area contributed by atoms with Gasteiger partial charge in [-0.3, -0.25) is 4.79 Å². The van der Waals surface area contributed by atoms with Crippen LogP contribution in [0.15, 0.2) is 41.0 Å². The molecule has 1 aromatic carbocycles. The van der Waals surface area contributed by atoms with E-state index in [9.17, 15) is 14.0 Å². The Balaban J connectivity index is 2.33. The van der Waals surface area contributed by atoms with Gasteiger partial charge in [0, 0.05) is 6.20 Å². The molecule has 0 saturated carbocycles. The molecule has 102 valence electrons. The highest BCUT2D eigenvalue weighted by atomic mass is 79.9. The predicted molar refractivity (Wildman–Crippen MR) is 73.2 cm³/mol. The number of aromatic carboxylic acids is 1. The van der Waals surface area contributed by atoms with Crippen LogP contribution < -0.4 is 5.32 Å². The van der Waals surface area contributed by atoms with Crippen molar-refractivity contribution in [2.45, 2.75) is 0 Å². The van der Waals surface area contributed by atoms with Crippen molar-refractivity contribution in [3.05, 3.63) is 57.9 Å². The van der Waals surface area contributed by atoms with Gasteiger partial charge in [0.2, 0.25) is 0 Å². The number of carboxylic acids is 1. The second-order valence-electron chi connectivity index (χ2n) is 3.76. The summed E-state index contributed by atoms with van der Waals surface area (Å²) < 4.78 is 13.9. The average molecular weight is 339 g/mol. The standard InChI is InChI=1S/C13H8BrFN2O3/c14-9-5-1-3-7(10(9)15)12(18)17-11-8(13(19)20)4-2-6-16-11/h1-6H,(H,19,20)(H,16,17,18). The Kier molecular flexibility index (Phi) is 4.09. The van der Waals surface area contributed by atoms with Gasteiger partial charge < -0.3 is 10.4 Å². The van der Waals surface area contributed by atoms with E-state index in [-0.39, 0.29) is 21.4 Å². The molecule has 5 nitrogen and oxygen atoms in total. The topological polar surface area (TPSA) is 79.3 Å². The third kappa shape index (κ3) is 2.83. The molecule has 0 aliphatic heterocycles. The lowest BCUT2D eigenvalue weighted by Crippen LogP contribution is -2.17. The van der Waals surface area contributed by atoms with E-state index in [1.165, 1.54) is 36.5 Å². The van der Waals surface area contributed by atoms with Crippen molar-refractivity contribution in [1.82, 2.24) is 4.98 Å². The minimum Gasteiger partial charge on any atom is -0.478 e. The fourth-order valence-corrected chi connectivity index (χ4v) is 1.90. The van der Waals surface area contributed by atoms with Crippen molar-refractivity contribution in [3.8, 4) is 0 Å². The summed E-state index contributed by atoms with van der Waals surface area (Å²) in [7, 11) is 0. The molecule has 1 amide bonds. The monoisotopic (exact) mass is 338 g/mol. The Morgan fingerprint density at radius 2 is 1.90 bits per heavy atom. The first-order valence-corrected chi connectivity index (χ1v) is 6.23. The number of benzene rings is 1. The summed E-state index contributed by atoms with van der Waals surface area (Å²) in [6.45, 7) is 0. The van der Waals surface area contributed by atoms with Gasteiger partial charge in [0.05, 0.1) is 10.0 Å². The number of aromatic nitrogens is 1. The molecule has 0 spiro atoms. The summed E-state index contributed by atoms with van der Waals surface area (Å²) in [4.78, 5) is 26.7. The van der Waals surface area contributed by atoms with Gasteiger partial charge in [0.25, 0.3) is 5.91 Å². The third-order valence-electron chi connectivity index (χ3n) is 2.47. The molecule has 0 fully saturated rings. The van der Waals surface area contributed by atoms with Crippen LogP contribution in [0.1, 0.15) is 20.7 Å². The zero-order chi connectivity index (χ0) is 14.7. The molecule has 0 aliphatic carbocycles. The first-order chi connectivity index (χ1) is 9.50. The number of nitrogens with one attached hydrogen (secondary N) is 1. The first-order valence-electron chi connectivity index (χ1n) is 5.44. The number of hydrogen-bond acceptors (Lipinski definition) is 3. The molecule has 2 aromatic rings. The van der Waals surface area contributed by atoms with Crippen LogP contribution in [-0.2, 0) is 0 Å². The number of carbonyl (C=O) groups excluding carboxylic acids is 1. The summed E-state index contributed by atoms with van der Waals surface area (Å²) >= 11 is 2.97. The molecule has 0 saturated heterocycles. The number of amides is 1. The fraction of sp³-hybridized carbons (Fsp3) is 0. The second kappa shape index (κ2) is 5.79. The lowest BCUT2D eigenvalue weighted by molar-refractivity contribution is 0.0697. The van der Waals surface area contributed by atoms with Gasteiger partial charge in [-0.05, 0) is 40.2 Å². The molecule has 1 aromatic heterocycles. The largest absolute Gasteiger partial charge is 0.478 e. The van der Waals surface area contributed by atoms with E-state index in [0.29, 0.717) is 0 Å². The maximum atomic E-state index is 13.8. The van der Waals surface area contributed by atoms with Crippen LogP contribution >= 0.6 is 15.9 Å². The van der Waals surface area contributed by atoms with E-state index >= 15 is 0 Å². The van der Waals surface area contributed by atoms with Crippen molar-refractivity contribution in [2.24, 2.45) is 0 Å². The van der Waals surface area contributed by atoms with E-state index in [0.717, 1.165) is 0 Å². The molecule has 20 heavy (non-hydrogen) atoms. The van der Waals surface area contributed by atoms with Crippen LogP contribution in [0.2, 0.25) is 0 Å². The van der Waals surface area contributed by atoms with Gasteiger partial charge >= 0.3 is 5.97 Å². The van der Waals surface area contributed by atoms with E-state index in [1.54, 1.807) is 0 Å². The number of halogens is 2. The Morgan fingerprint density at radius 1 is 1.20 bits per heavy atom. The molecule has 2 rings (SSSR count). The van der Waals surface area contributed by atoms with Crippen LogP contribution in [-0.4, -0.2) is 22.0 Å². The van der Waals surface area contributed by atoms with Gasteiger partial charge in [-0.25, -0.2) is 14.2 Å². The SMILES string of the molecule is O=C(O)c1cccnc1NC(=O)c1cccc(Br)c1F. The van der Waals surface area contributed by atoms with E-state index in [2.05, 4.69) is 26.2 Å². The zero-order valence-electron chi connectivity index (χ0n) is 9.93. The number of pyridine rings is 1. The summed E-state index contributed by atoms with van der Waals surface area (Å²) in [5.74, 6) is -2.87.